The third-order valence-electron chi connectivity index (χ3n) is 3.74. The van der Waals surface area contributed by atoms with Crippen LogP contribution in [0.15, 0.2) is 42.5 Å². The zero-order valence-electron chi connectivity index (χ0n) is 12.7. The highest BCUT2D eigenvalue weighted by Gasteiger charge is 2.28. The number of ether oxygens (including phenoxy) is 2. The normalized spacial score (nSPS) is 20.5. The first-order chi connectivity index (χ1) is 11.5. The van der Waals surface area contributed by atoms with Crippen molar-refractivity contribution in [2.45, 2.75) is 25.0 Å². The summed E-state index contributed by atoms with van der Waals surface area (Å²) in [4.78, 5) is 11.4. The molecule has 0 aliphatic carbocycles. The predicted molar refractivity (Wildman–Crippen MR) is 92.5 cm³/mol. The molecule has 24 heavy (non-hydrogen) atoms. The van der Waals surface area contributed by atoms with Crippen LogP contribution in [0.2, 0.25) is 10.0 Å². The summed E-state index contributed by atoms with van der Waals surface area (Å²) in [6.45, 7) is 0.115. The first-order valence-corrected chi connectivity index (χ1v) is 8.33. The van der Waals surface area contributed by atoms with Crippen LogP contribution in [0.25, 0.3) is 11.1 Å². The molecule has 0 unspecified atom stereocenters. The molecule has 0 radical (unpaired) electrons. The highest BCUT2D eigenvalue weighted by molar-refractivity contribution is 6.36. The van der Waals surface area contributed by atoms with Crippen molar-refractivity contribution in [2.75, 3.05) is 6.61 Å². The van der Waals surface area contributed by atoms with E-state index in [-0.39, 0.29) is 13.0 Å². The van der Waals surface area contributed by atoms with E-state index in [2.05, 4.69) is 0 Å². The van der Waals surface area contributed by atoms with Crippen LogP contribution in [-0.4, -0.2) is 29.9 Å². The molecule has 0 bridgehead atoms. The number of hydrogen-bond donors (Lipinski definition) is 1. The van der Waals surface area contributed by atoms with Crippen molar-refractivity contribution < 1.29 is 19.4 Å². The lowest BCUT2D eigenvalue weighted by atomic mass is 10.0. The largest absolute Gasteiger partial charge is 0.488 e. The molecular formula is C18H16Cl2O4. The van der Waals surface area contributed by atoms with Gasteiger partial charge in [0.1, 0.15) is 18.5 Å². The third kappa shape index (κ3) is 4.01. The molecule has 0 aromatic heterocycles. The fourth-order valence-corrected chi connectivity index (χ4v) is 3.23. The summed E-state index contributed by atoms with van der Waals surface area (Å²) in [5, 5.41) is 10.6. The summed E-state index contributed by atoms with van der Waals surface area (Å²) >= 11 is 12.4. The van der Waals surface area contributed by atoms with Crippen molar-refractivity contribution in [3.05, 3.63) is 52.5 Å². The van der Waals surface area contributed by atoms with Crippen LogP contribution in [-0.2, 0) is 9.53 Å². The maximum absolute atomic E-state index is 11.4. The second kappa shape index (κ2) is 7.43. The number of hydrogen-bond acceptors (Lipinski definition) is 4. The Bertz CT molecular complexity index is 733. The van der Waals surface area contributed by atoms with Crippen LogP contribution in [0.1, 0.15) is 12.8 Å². The minimum absolute atomic E-state index is 0.0213. The van der Waals surface area contributed by atoms with E-state index in [1.807, 2.05) is 30.3 Å². The van der Waals surface area contributed by atoms with E-state index in [0.29, 0.717) is 22.2 Å². The Balaban J connectivity index is 1.84. The maximum atomic E-state index is 11.4. The SMILES string of the molecule is O=C1C[C@H](O)C[C@@H](COc2c(Cl)cc(Cl)cc2-c2ccccc2)O1. The Morgan fingerprint density at radius 2 is 1.96 bits per heavy atom. The number of halogens is 2. The quantitative estimate of drug-likeness (QED) is 0.827. The lowest BCUT2D eigenvalue weighted by Crippen LogP contribution is -2.36. The molecule has 1 N–H and O–H groups in total. The van der Waals surface area contributed by atoms with Crippen LogP contribution in [0.4, 0.5) is 0 Å². The molecule has 2 aromatic carbocycles. The van der Waals surface area contributed by atoms with Gasteiger partial charge in [-0.2, -0.15) is 0 Å². The van der Waals surface area contributed by atoms with Gasteiger partial charge in [-0.3, -0.25) is 4.79 Å². The van der Waals surface area contributed by atoms with Gasteiger partial charge in [0, 0.05) is 17.0 Å². The van der Waals surface area contributed by atoms with Crippen molar-refractivity contribution >= 4 is 29.2 Å². The number of cyclic esters (lactones) is 1. The van der Waals surface area contributed by atoms with E-state index >= 15 is 0 Å². The van der Waals surface area contributed by atoms with Gasteiger partial charge in [0.2, 0.25) is 0 Å². The molecule has 1 fully saturated rings. The molecule has 6 heteroatoms. The molecule has 1 aliphatic rings. The van der Waals surface area contributed by atoms with E-state index in [1.54, 1.807) is 12.1 Å². The molecule has 0 spiro atoms. The molecule has 1 aliphatic heterocycles. The average molecular weight is 367 g/mol. The van der Waals surface area contributed by atoms with Gasteiger partial charge in [0.05, 0.1) is 17.5 Å². The van der Waals surface area contributed by atoms with Gasteiger partial charge >= 0.3 is 5.97 Å². The first kappa shape index (κ1) is 17.1. The van der Waals surface area contributed by atoms with E-state index in [4.69, 9.17) is 32.7 Å². The zero-order chi connectivity index (χ0) is 17.1. The second-order valence-corrected chi connectivity index (χ2v) is 6.49. The highest BCUT2D eigenvalue weighted by Crippen LogP contribution is 2.39. The van der Waals surface area contributed by atoms with Crippen molar-refractivity contribution in [2.24, 2.45) is 0 Å². The van der Waals surface area contributed by atoms with E-state index < -0.39 is 18.2 Å². The lowest BCUT2D eigenvalue weighted by Gasteiger charge is -2.26. The van der Waals surface area contributed by atoms with E-state index in [9.17, 15) is 9.90 Å². The van der Waals surface area contributed by atoms with E-state index in [1.165, 1.54) is 0 Å². The Morgan fingerprint density at radius 1 is 1.21 bits per heavy atom. The molecule has 3 rings (SSSR count). The summed E-state index contributed by atoms with van der Waals surface area (Å²) < 4.78 is 11.0. The minimum atomic E-state index is -0.700. The van der Waals surface area contributed by atoms with Gasteiger partial charge in [-0.1, -0.05) is 53.5 Å². The van der Waals surface area contributed by atoms with Gasteiger partial charge < -0.3 is 14.6 Å². The average Bonchev–Trinajstić information content (AvgIpc) is 2.53. The predicted octanol–water partition coefficient (Wildman–Crippen LogP) is 4.11. The maximum Gasteiger partial charge on any atom is 0.308 e. The number of carbonyl (C=O) groups is 1. The summed E-state index contributed by atoms with van der Waals surface area (Å²) in [5.41, 5.74) is 1.67. The molecule has 2 aromatic rings. The minimum Gasteiger partial charge on any atom is -0.488 e. The van der Waals surface area contributed by atoms with Gasteiger partial charge in [-0.05, 0) is 17.7 Å². The van der Waals surface area contributed by atoms with Crippen LogP contribution in [0, 0.1) is 0 Å². The first-order valence-electron chi connectivity index (χ1n) is 7.57. The zero-order valence-corrected chi connectivity index (χ0v) is 14.3. The van der Waals surface area contributed by atoms with Crippen molar-refractivity contribution in [3.63, 3.8) is 0 Å². The molecule has 1 heterocycles. The molecule has 1 saturated heterocycles. The monoisotopic (exact) mass is 366 g/mol. The smallest absolute Gasteiger partial charge is 0.308 e. The van der Waals surface area contributed by atoms with Crippen molar-refractivity contribution in [1.29, 1.82) is 0 Å². The second-order valence-electron chi connectivity index (χ2n) is 5.65. The fraction of sp³-hybridized carbons (Fsp3) is 0.278. The number of benzene rings is 2. The van der Waals surface area contributed by atoms with Gasteiger partial charge in [-0.25, -0.2) is 0 Å². The molecule has 0 saturated carbocycles. The van der Waals surface area contributed by atoms with Gasteiger partial charge in [0.25, 0.3) is 0 Å². The molecule has 2 atom stereocenters. The summed E-state index contributed by atoms with van der Waals surface area (Å²) in [6.07, 6.45) is -0.837. The number of carbonyl (C=O) groups excluding carboxylic acids is 1. The van der Waals surface area contributed by atoms with Gasteiger partial charge in [0.15, 0.2) is 0 Å². The number of esters is 1. The van der Waals surface area contributed by atoms with Crippen LogP contribution < -0.4 is 4.74 Å². The topological polar surface area (TPSA) is 55.8 Å². The van der Waals surface area contributed by atoms with Crippen molar-refractivity contribution in [3.8, 4) is 16.9 Å². The lowest BCUT2D eigenvalue weighted by molar-refractivity contribution is -0.162. The van der Waals surface area contributed by atoms with Crippen LogP contribution in [0.5, 0.6) is 5.75 Å². The van der Waals surface area contributed by atoms with E-state index in [0.717, 1.165) is 11.1 Å². The van der Waals surface area contributed by atoms with Gasteiger partial charge in [-0.15, -0.1) is 0 Å². The molecular weight excluding hydrogens is 351 g/mol. The number of aliphatic hydroxyl groups excluding tert-OH is 1. The summed E-state index contributed by atoms with van der Waals surface area (Å²) in [6, 6.07) is 13.0. The summed E-state index contributed by atoms with van der Waals surface area (Å²) in [7, 11) is 0. The van der Waals surface area contributed by atoms with Crippen LogP contribution >= 0.6 is 23.2 Å². The number of rotatable bonds is 4. The van der Waals surface area contributed by atoms with Crippen LogP contribution in [0.3, 0.4) is 0 Å². The molecule has 4 nitrogen and oxygen atoms in total. The fourth-order valence-electron chi connectivity index (χ4n) is 2.68. The Kier molecular flexibility index (Phi) is 5.29. The highest BCUT2D eigenvalue weighted by atomic mass is 35.5. The Morgan fingerprint density at radius 3 is 2.67 bits per heavy atom. The third-order valence-corrected chi connectivity index (χ3v) is 4.24. The molecule has 126 valence electrons. The van der Waals surface area contributed by atoms with Crippen molar-refractivity contribution in [1.82, 2.24) is 0 Å². The standard InChI is InChI=1S/C18H16Cl2O4/c19-12-6-15(11-4-2-1-3-5-11)18(16(20)7-12)23-10-14-8-13(21)9-17(22)24-14/h1-7,13-14,21H,8-10H2/t13-,14+/m1/s1. The Labute approximate surface area is 149 Å². The Hall–Kier alpha value is -1.75. The summed E-state index contributed by atoms with van der Waals surface area (Å²) in [5.74, 6) is 0.0521. The molecule has 0 amide bonds. The number of aliphatic hydroxyl groups is 1.